The zero-order chi connectivity index (χ0) is 28.5. The number of aryl methyl sites for hydroxylation is 3. The molecule has 4 rings (SSSR count). The van der Waals surface area contributed by atoms with E-state index in [0.29, 0.717) is 36.7 Å². The summed E-state index contributed by atoms with van der Waals surface area (Å²) < 4.78 is 10.8. The molecule has 1 saturated heterocycles. The summed E-state index contributed by atoms with van der Waals surface area (Å²) in [7, 11) is 1.66. The molecule has 1 fully saturated rings. The molecule has 1 atom stereocenters. The molecule has 214 valence electrons. The van der Waals surface area contributed by atoms with E-state index in [1.165, 1.54) is 11.1 Å². The van der Waals surface area contributed by atoms with Crippen molar-refractivity contribution in [1.82, 2.24) is 19.9 Å². The lowest BCUT2D eigenvalue weighted by atomic mass is 9.97. The quantitative estimate of drug-likeness (QED) is 0.319. The van der Waals surface area contributed by atoms with Gasteiger partial charge >= 0.3 is 0 Å². The molecule has 3 aromatic rings. The number of nitrogens with two attached hydrogens (primary N) is 1. The van der Waals surface area contributed by atoms with E-state index in [9.17, 15) is 4.79 Å². The highest BCUT2D eigenvalue weighted by molar-refractivity contribution is 5.95. The normalized spacial score (nSPS) is 15.1. The number of rotatable bonds is 13. The van der Waals surface area contributed by atoms with Crippen molar-refractivity contribution < 1.29 is 14.3 Å². The van der Waals surface area contributed by atoms with Gasteiger partial charge in [-0.2, -0.15) is 0 Å². The number of ether oxygens (including phenoxy) is 2. The molecular weight excluding hydrogens is 504 g/mol. The molecule has 9 nitrogen and oxygen atoms in total. The highest BCUT2D eigenvalue weighted by Crippen LogP contribution is 2.28. The van der Waals surface area contributed by atoms with Crippen molar-refractivity contribution in [2.24, 2.45) is 5.73 Å². The standard InChI is InChI=1S/C31H42N6O3/c1-22-9-13-33-19-25(22)21-37(27-6-8-29(35-20-27)40-18-17-39-4)26-11-15-36(16-12-26)24(3)5-7-28-30(31(32)38)23(2)10-14-34-28/h6,8-10,13-14,19-20,24,26H,5,7,11-12,15-18,21H2,1-4H3,(H2,32,38)/t24-/m1/s1. The largest absolute Gasteiger partial charge is 0.475 e. The van der Waals surface area contributed by atoms with E-state index in [1.54, 1.807) is 13.3 Å². The van der Waals surface area contributed by atoms with Gasteiger partial charge in [0, 0.05) is 63.5 Å². The van der Waals surface area contributed by atoms with E-state index in [1.807, 2.05) is 37.6 Å². The van der Waals surface area contributed by atoms with Crippen molar-refractivity contribution in [3.63, 3.8) is 0 Å². The van der Waals surface area contributed by atoms with E-state index in [-0.39, 0.29) is 0 Å². The number of carbonyl (C=O) groups excluding carboxylic acids is 1. The van der Waals surface area contributed by atoms with Crippen molar-refractivity contribution in [1.29, 1.82) is 0 Å². The SMILES string of the molecule is COCCOc1ccc(N(Cc2cnccc2C)C2CCN([C@H](C)CCc3nccc(C)c3C(N)=O)CC2)cn1. The van der Waals surface area contributed by atoms with Crippen LogP contribution in [-0.2, 0) is 17.7 Å². The van der Waals surface area contributed by atoms with Gasteiger partial charge in [0.2, 0.25) is 5.88 Å². The molecule has 0 saturated carbocycles. The second kappa shape index (κ2) is 14.2. The number of primary amides is 1. The Balaban J connectivity index is 1.41. The van der Waals surface area contributed by atoms with Gasteiger partial charge in [0.25, 0.3) is 5.91 Å². The number of likely N-dealkylation sites (tertiary alicyclic amines) is 1. The molecule has 0 spiro atoms. The van der Waals surface area contributed by atoms with Crippen molar-refractivity contribution >= 4 is 11.6 Å². The molecule has 1 aliphatic rings. The van der Waals surface area contributed by atoms with Gasteiger partial charge in [-0.05, 0) is 81.3 Å². The average Bonchev–Trinajstić information content (AvgIpc) is 2.96. The van der Waals surface area contributed by atoms with Gasteiger partial charge in [0.05, 0.1) is 29.7 Å². The lowest BCUT2D eigenvalue weighted by molar-refractivity contribution is 0.0998. The van der Waals surface area contributed by atoms with E-state index in [4.69, 9.17) is 15.2 Å². The van der Waals surface area contributed by atoms with Crippen LogP contribution in [0.25, 0.3) is 0 Å². The van der Waals surface area contributed by atoms with Gasteiger partial charge in [-0.1, -0.05) is 0 Å². The Morgan fingerprint density at radius 3 is 2.52 bits per heavy atom. The predicted octanol–water partition coefficient (Wildman–Crippen LogP) is 4.10. The minimum atomic E-state index is -0.401. The number of aromatic nitrogens is 3. The van der Waals surface area contributed by atoms with Crippen molar-refractivity contribution in [2.45, 2.75) is 65.1 Å². The second-order valence-corrected chi connectivity index (χ2v) is 10.6. The van der Waals surface area contributed by atoms with E-state index >= 15 is 0 Å². The molecule has 0 aromatic carbocycles. The Morgan fingerprint density at radius 2 is 1.85 bits per heavy atom. The molecule has 4 heterocycles. The molecular formula is C31H42N6O3. The molecule has 1 amide bonds. The van der Waals surface area contributed by atoms with E-state index in [0.717, 1.165) is 62.3 Å². The summed E-state index contributed by atoms with van der Waals surface area (Å²) in [4.78, 5) is 30.4. The van der Waals surface area contributed by atoms with Crippen LogP contribution in [0, 0.1) is 13.8 Å². The Hall–Kier alpha value is -3.56. The summed E-state index contributed by atoms with van der Waals surface area (Å²) in [5.41, 5.74) is 11.4. The number of hydrogen-bond donors (Lipinski definition) is 1. The monoisotopic (exact) mass is 546 g/mol. The number of amides is 1. The van der Waals surface area contributed by atoms with E-state index < -0.39 is 5.91 Å². The zero-order valence-electron chi connectivity index (χ0n) is 24.2. The van der Waals surface area contributed by atoms with Crippen LogP contribution < -0.4 is 15.4 Å². The minimum absolute atomic E-state index is 0.378. The smallest absolute Gasteiger partial charge is 0.250 e. The van der Waals surface area contributed by atoms with Crippen molar-refractivity contribution in [3.8, 4) is 5.88 Å². The van der Waals surface area contributed by atoms with Crippen LogP contribution in [0.3, 0.4) is 0 Å². The Labute approximate surface area is 237 Å². The first-order valence-corrected chi connectivity index (χ1v) is 14.1. The third-order valence-electron chi connectivity index (χ3n) is 7.92. The molecule has 40 heavy (non-hydrogen) atoms. The maximum absolute atomic E-state index is 12.0. The first kappa shape index (κ1) is 29.4. The third-order valence-corrected chi connectivity index (χ3v) is 7.92. The average molecular weight is 547 g/mol. The summed E-state index contributed by atoms with van der Waals surface area (Å²) in [6.45, 7) is 10.1. The number of piperidine rings is 1. The van der Waals surface area contributed by atoms with Gasteiger partial charge in [-0.25, -0.2) is 4.98 Å². The fraction of sp³-hybridized carbons (Fsp3) is 0.484. The lowest BCUT2D eigenvalue weighted by Gasteiger charge is -2.42. The number of pyridine rings is 3. The summed E-state index contributed by atoms with van der Waals surface area (Å²) in [6, 6.07) is 8.70. The molecule has 0 unspecified atom stereocenters. The van der Waals surface area contributed by atoms with Gasteiger partial charge in [0.1, 0.15) is 6.61 Å². The summed E-state index contributed by atoms with van der Waals surface area (Å²) in [5, 5.41) is 0. The Morgan fingerprint density at radius 1 is 1.07 bits per heavy atom. The van der Waals surface area contributed by atoms with Crippen LogP contribution in [0.1, 0.15) is 58.9 Å². The topological polar surface area (TPSA) is 107 Å². The zero-order valence-corrected chi connectivity index (χ0v) is 24.2. The first-order valence-electron chi connectivity index (χ1n) is 14.1. The van der Waals surface area contributed by atoms with Gasteiger partial charge in [0.15, 0.2) is 0 Å². The Kier molecular flexibility index (Phi) is 10.4. The van der Waals surface area contributed by atoms with Gasteiger partial charge in [-0.15, -0.1) is 0 Å². The fourth-order valence-corrected chi connectivity index (χ4v) is 5.44. The summed E-state index contributed by atoms with van der Waals surface area (Å²) in [5.74, 6) is 0.201. The molecule has 0 bridgehead atoms. The first-order chi connectivity index (χ1) is 19.4. The third kappa shape index (κ3) is 7.55. The van der Waals surface area contributed by atoms with Crippen LogP contribution in [0.5, 0.6) is 5.88 Å². The number of carbonyl (C=O) groups is 1. The van der Waals surface area contributed by atoms with Crippen LogP contribution >= 0.6 is 0 Å². The highest BCUT2D eigenvalue weighted by Gasteiger charge is 2.28. The van der Waals surface area contributed by atoms with Crippen LogP contribution in [0.15, 0.2) is 49.1 Å². The molecule has 9 heteroatoms. The van der Waals surface area contributed by atoms with Gasteiger partial charge < -0.3 is 25.0 Å². The predicted molar refractivity (Wildman–Crippen MR) is 157 cm³/mol. The molecule has 3 aromatic heterocycles. The van der Waals surface area contributed by atoms with Gasteiger partial charge in [-0.3, -0.25) is 14.8 Å². The fourth-order valence-electron chi connectivity index (χ4n) is 5.44. The maximum Gasteiger partial charge on any atom is 0.250 e. The lowest BCUT2D eigenvalue weighted by Crippen LogP contribution is -2.47. The minimum Gasteiger partial charge on any atom is -0.475 e. The summed E-state index contributed by atoms with van der Waals surface area (Å²) >= 11 is 0. The number of hydrogen-bond acceptors (Lipinski definition) is 8. The Bertz CT molecular complexity index is 1240. The van der Waals surface area contributed by atoms with E-state index in [2.05, 4.69) is 50.7 Å². The van der Waals surface area contributed by atoms with Crippen molar-refractivity contribution in [3.05, 3.63) is 77.0 Å². The molecule has 1 aliphatic heterocycles. The van der Waals surface area contributed by atoms with Crippen LogP contribution in [-0.4, -0.2) is 71.3 Å². The van der Waals surface area contributed by atoms with Crippen LogP contribution in [0.2, 0.25) is 0 Å². The maximum atomic E-state index is 12.0. The second-order valence-electron chi connectivity index (χ2n) is 10.6. The summed E-state index contributed by atoms with van der Waals surface area (Å²) in [6.07, 6.45) is 11.2. The van der Waals surface area contributed by atoms with Crippen molar-refractivity contribution in [2.75, 3.05) is 38.3 Å². The number of nitrogens with zero attached hydrogens (tertiary/aromatic N) is 5. The highest BCUT2D eigenvalue weighted by atomic mass is 16.5. The molecule has 2 N–H and O–H groups in total. The molecule has 0 aliphatic carbocycles. The number of anilines is 1. The molecule has 0 radical (unpaired) electrons. The van der Waals surface area contributed by atoms with Crippen LogP contribution in [0.4, 0.5) is 5.69 Å². The number of methoxy groups -OCH3 is 1.